The number of rotatable bonds is 6. The van der Waals surface area contributed by atoms with E-state index < -0.39 is 0 Å². The van der Waals surface area contributed by atoms with Crippen molar-refractivity contribution in [3.63, 3.8) is 0 Å². The van der Waals surface area contributed by atoms with Gasteiger partial charge in [0, 0.05) is 34.8 Å². The molecular formula is C22H27N5O4. The molecular weight excluding hydrogens is 398 g/mol. The number of methoxy groups -OCH3 is 1. The molecule has 164 valence electrons. The van der Waals surface area contributed by atoms with Gasteiger partial charge in [0.15, 0.2) is 0 Å². The molecule has 0 bridgehead atoms. The van der Waals surface area contributed by atoms with Gasteiger partial charge >= 0.3 is 0 Å². The molecule has 3 aromatic heterocycles. The quantitative estimate of drug-likeness (QED) is 0.616. The monoisotopic (exact) mass is 425 g/mol. The van der Waals surface area contributed by atoms with Gasteiger partial charge < -0.3 is 20.3 Å². The number of hydrogen-bond acceptors (Lipinski definition) is 8. The second-order valence-corrected chi connectivity index (χ2v) is 7.75. The Kier molecular flexibility index (Phi) is 6.15. The molecule has 0 unspecified atom stereocenters. The van der Waals surface area contributed by atoms with Crippen LogP contribution in [0, 0.1) is 6.92 Å². The predicted octanol–water partition coefficient (Wildman–Crippen LogP) is 2.25. The summed E-state index contributed by atoms with van der Waals surface area (Å²) in [6.07, 6.45) is 4.91. The first kappa shape index (κ1) is 21.2. The number of fused-ring (bicyclic) bond motifs is 1. The minimum absolute atomic E-state index is 0.0113. The van der Waals surface area contributed by atoms with Gasteiger partial charge in [-0.3, -0.25) is 9.36 Å². The molecule has 0 aromatic carbocycles. The van der Waals surface area contributed by atoms with Gasteiger partial charge in [0.25, 0.3) is 5.56 Å². The lowest BCUT2D eigenvalue weighted by Gasteiger charge is -2.30. The zero-order valence-electron chi connectivity index (χ0n) is 17.7. The highest BCUT2D eigenvalue weighted by Gasteiger charge is 2.27. The number of hydrogen-bond donors (Lipinski definition) is 2. The van der Waals surface area contributed by atoms with Crippen LogP contribution < -0.4 is 16.0 Å². The summed E-state index contributed by atoms with van der Waals surface area (Å²) < 4.78 is 12.6. The van der Waals surface area contributed by atoms with Crippen molar-refractivity contribution in [1.82, 2.24) is 19.5 Å². The molecule has 1 aliphatic rings. The van der Waals surface area contributed by atoms with Crippen molar-refractivity contribution >= 4 is 17.0 Å². The van der Waals surface area contributed by atoms with E-state index in [1.807, 2.05) is 19.1 Å². The van der Waals surface area contributed by atoms with Crippen molar-refractivity contribution in [3.05, 3.63) is 40.4 Å². The summed E-state index contributed by atoms with van der Waals surface area (Å²) in [6, 6.07) is 5.36. The number of nitrogen functional groups attached to an aromatic ring is 1. The van der Waals surface area contributed by atoms with Gasteiger partial charge in [0.1, 0.15) is 5.65 Å². The second-order valence-electron chi connectivity index (χ2n) is 7.75. The van der Waals surface area contributed by atoms with E-state index in [4.69, 9.17) is 20.3 Å². The summed E-state index contributed by atoms with van der Waals surface area (Å²) in [6.45, 7) is 2.21. The minimum atomic E-state index is -0.128. The predicted molar refractivity (Wildman–Crippen MR) is 117 cm³/mol. The zero-order chi connectivity index (χ0) is 22.0. The van der Waals surface area contributed by atoms with Gasteiger partial charge in [-0.05, 0) is 44.7 Å². The normalized spacial score (nSPS) is 18.9. The second kappa shape index (κ2) is 8.99. The molecule has 0 atom stereocenters. The molecule has 0 radical (unpaired) electrons. The maximum atomic E-state index is 13.7. The van der Waals surface area contributed by atoms with E-state index in [2.05, 4.69) is 15.0 Å². The van der Waals surface area contributed by atoms with Crippen LogP contribution in [0.15, 0.2) is 29.2 Å². The number of aliphatic hydroxyl groups excluding tert-OH is 1. The Morgan fingerprint density at radius 3 is 2.65 bits per heavy atom. The third-order valence-electron chi connectivity index (χ3n) is 5.81. The van der Waals surface area contributed by atoms with E-state index >= 15 is 0 Å². The first-order valence-electron chi connectivity index (χ1n) is 10.4. The molecule has 0 spiro atoms. The highest BCUT2D eigenvalue weighted by Crippen LogP contribution is 2.33. The van der Waals surface area contributed by atoms with E-state index in [0.29, 0.717) is 29.3 Å². The molecule has 9 heteroatoms. The van der Waals surface area contributed by atoms with Gasteiger partial charge in [-0.1, -0.05) is 0 Å². The Bertz CT molecular complexity index is 1120. The van der Waals surface area contributed by atoms with Crippen LogP contribution in [0.2, 0.25) is 0 Å². The molecule has 3 N–H and O–H groups in total. The van der Waals surface area contributed by atoms with Crippen LogP contribution >= 0.6 is 0 Å². The number of nitrogens with two attached hydrogens (primary N) is 1. The van der Waals surface area contributed by atoms with Crippen LogP contribution in [0.1, 0.15) is 37.4 Å². The van der Waals surface area contributed by atoms with Crippen LogP contribution in [0.5, 0.6) is 5.88 Å². The van der Waals surface area contributed by atoms with E-state index in [1.54, 1.807) is 23.9 Å². The summed E-state index contributed by atoms with van der Waals surface area (Å²) in [5.41, 5.74) is 8.32. The Balaban J connectivity index is 1.81. The molecule has 0 aliphatic heterocycles. The third-order valence-corrected chi connectivity index (χ3v) is 5.81. The van der Waals surface area contributed by atoms with Crippen molar-refractivity contribution < 1.29 is 14.6 Å². The van der Waals surface area contributed by atoms with Crippen LogP contribution in [0.3, 0.4) is 0 Å². The zero-order valence-corrected chi connectivity index (χ0v) is 17.7. The number of aliphatic hydroxyl groups is 1. The lowest BCUT2D eigenvalue weighted by molar-refractivity contribution is 0.00169. The number of ether oxygens (including phenoxy) is 2. The summed E-state index contributed by atoms with van der Waals surface area (Å²) >= 11 is 0. The summed E-state index contributed by atoms with van der Waals surface area (Å²) in [7, 11) is 1.55. The highest BCUT2D eigenvalue weighted by molar-refractivity contribution is 5.84. The van der Waals surface area contributed by atoms with Crippen molar-refractivity contribution in [2.24, 2.45) is 0 Å². The Labute approximate surface area is 179 Å². The average Bonchev–Trinajstić information content (AvgIpc) is 2.78. The molecule has 0 saturated heterocycles. The van der Waals surface area contributed by atoms with E-state index in [0.717, 1.165) is 36.8 Å². The molecule has 4 rings (SSSR count). The van der Waals surface area contributed by atoms with E-state index in [1.165, 1.54) is 0 Å². The van der Waals surface area contributed by atoms with Gasteiger partial charge in [0.05, 0.1) is 32.1 Å². The molecule has 31 heavy (non-hydrogen) atoms. The number of nitrogens with zero attached hydrogens (tertiary/aromatic N) is 4. The fraction of sp³-hybridized carbons (Fsp3) is 0.455. The molecule has 1 saturated carbocycles. The lowest BCUT2D eigenvalue weighted by Crippen LogP contribution is -2.32. The number of aryl methyl sites for hydroxylation is 1. The van der Waals surface area contributed by atoms with Gasteiger partial charge in [-0.15, -0.1) is 0 Å². The smallest absolute Gasteiger partial charge is 0.260 e. The van der Waals surface area contributed by atoms with Gasteiger partial charge in [0.2, 0.25) is 11.8 Å². The first-order valence-corrected chi connectivity index (χ1v) is 10.4. The largest absolute Gasteiger partial charge is 0.481 e. The summed E-state index contributed by atoms with van der Waals surface area (Å²) in [5.74, 6) is 0.635. The molecule has 1 fully saturated rings. The van der Waals surface area contributed by atoms with Crippen LogP contribution in [-0.2, 0) is 4.74 Å². The van der Waals surface area contributed by atoms with Crippen molar-refractivity contribution in [2.75, 3.05) is 26.1 Å². The van der Waals surface area contributed by atoms with Gasteiger partial charge in [-0.25, -0.2) is 9.97 Å². The standard InChI is InChI=1S/C22H27N5O4/c1-13-17-11-18(14-3-8-19(30-2)24-12-14)21(29)27(20(17)26-22(23)25-13)15-4-6-16(7-5-15)31-10-9-28/h3,8,11-12,15-16,28H,4-7,9-10H2,1-2H3,(H2,23,25,26). The fourth-order valence-corrected chi connectivity index (χ4v) is 4.27. The van der Waals surface area contributed by atoms with Crippen molar-refractivity contribution in [2.45, 2.75) is 44.8 Å². The van der Waals surface area contributed by atoms with E-state index in [9.17, 15) is 4.79 Å². The van der Waals surface area contributed by atoms with Crippen LogP contribution in [0.25, 0.3) is 22.2 Å². The van der Waals surface area contributed by atoms with Crippen molar-refractivity contribution in [1.29, 1.82) is 0 Å². The maximum absolute atomic E-state index is 13.7. The van der Waals surface area contributed by atoms with Crippen LogP contribution in [-0.4, -0.2) is 51.1 Å². The average molecular weight is 425 g/mol. The Hall–Kier alpha value is -3.04. The first-order chi connectivity index (χ1) is 15.0. The topological polar surface area (TPSA) is 125 Å². The third kappa shape index (κ3) is 4.24. The van der Waals surface area contributed by atoms with Crippen molar-refractivity contribution in [3.8, 4) is 17.0 Å². The number of pyridine rings is 2. The lowest BCUT2D eigenvalue weighted by atomic mass is 9.92. The molecule has 0 amide bonds. The molecule has 1 aliphatic carbocycles. The van der Waals surface area contributed by atoms with E-state index in [-0.39, 0.29) is 30.3 Å². The molecule has 9 nitrogen and oxygen atoms in total. The van der Waals surface area contributed by atoms with Crippen LogP contribution in [0.4, 0.5) is 5.95 Å². The summed E-state index contributed by atoms with van der Waals surface area (Å²) in [4.78, 5) is 26.6. The fourth-order valence-electron chi connectivity index (χ4n) is 4.27. The molecule has 3 heterocycles. The molecule has 3 aromatic rings. The Morgan fingerprint density at radius 2 is 2.00 bits per heavy atom. The summed E-state index contributed by atoms with van der Waals surface area (Å²) in [5, 5.41) is 9.79. The SMILES string of the molecule is COc1ccc(-c2cc3c(C)nc(N)nc3n(C3CCC(OCCO)CC3)c2=O)cn1. The minimum Gasteiger partial charge on any atom is -0.481 e. The Morgan fingerprint density at radius 1 is 1.23 bits per heavy atom. The van der Waals surface area contributed by atoms with Gasteiger partial charge in [-0.2, -0.15) is 4.98 Å². The number of aromatic nitrogens is 4. The highest BCUT2D eigenvalue weighted by atomic mass is 16.5. The maximum Gasteiger partial charge on any atom is 0.260 e. The number of anilines is 1.